The monoisotopic (exact) mass is 550 g/mol. The second-order valence-corrected chi connectivity index (χ2v) is 12.1. The number of rotatable bonds is 7. The van der Waals surface area contributed by atoms with Crippen molar-refractivity contribution in [3.63, 3.8) is 0 Å². The molecule has 1 aliphatic carbocycles. The highest BCUT2D eigenvalue weighted by Crippen LogP contribution is 2.50. The molecule has 6 nitrogen and oxygen atoms in total. The zero-order chi connectivity index (χ0) is 27.8. The maximum Gasteiger partial charge on any atom is 0.251 e. The lowest BCUT2D eigenvalue weighted by atomic mass is 9.71. The Bertz CT molecular complexity index is 1420. The number of fused-ring (bicyclic) bond motifs is 1. The standard InChI is InChI=1S/C35H38N2O4/c1-23-2-6-25(7-3-23)27-8-11-31-29(18-27)19-28(14-17-39-31)34(38)37-30-9-4-24(5-10-30)21-36-22-32-26-12-15-35(16-13-26)20-33(40-32)41-35/h2-11,18-19,26,32-33,36H,12-17,20-22H2,1H3,(H,37,38). The maximum atomic E-state index is 13.2. The van der Waals surface area contributed by atoms with Gasteiger partial charge in [-0.2, -0.15) is 0 Å². The molecule has 41 heavy (non-hydrogen) atoms. The van der Waals surface area contributed by atoms with Crippen LogP contribution in [0.4, 0.5) is 5.69 Å². The van der Waals surface area contributed by atoms with Gasteiger partial charge in [0.1, 0.15) is 5.75 Å². The third kappa shape index (κ3) is 5.69. The van der Waals surface area contributed by atoms with Crippen LogP contribution in [0.5, 0.6) is 5.75 Å². The topological polar surface area (TPSA) is 68.8 Å². The van der Waals surface area contributed by atoms with Gasteiger partial charge in [-0.1, -0.05) is 48.0 Å². The summed E-state index contributed by atoms with van der Waals surface area (Å²) in [5.41, 5.74) is 7.23. The van der Waals surface area contributed by atoms with Gasteiger partial charge in [0, 0.05) is 42.8 Å². The first-order chi connectivity index (χ1) is 20.0. The zero-order valence-corrected chi connectivity index (χ0v) is 23.7. The predicted octanol–water partition coefficient (Wildman–Crippen LogP) is 6.63. The summed E-state index contributed by atoms with van der Waals surface area (Å²) >= 11 is 0. The second kappa shape index (κ2) is 11.1. The van der Waals surface area contributed by atoms with Gasteiger partial charge < -0.3 is 24.8 Å². The minimum Gasteiger partial charge on any atom is -0.493 e. The fourth-order valence-corrected chi connectivity index (χ4v) is 6.73. The Kier molecular flexibility index (Phi) is 7.15. The number of aryl methyl sites for hydroxylation is 1. The van der Waals surface area contributed by atoms with Crippen LogP contribution in [-0.4, -0.2) is 37.1 Å². The summed E-state index contributed by atoms with van der Waals surface area (Å²) in [6.45, 7) is 4.15. The smallest absolute Gasteiger partial charge is 0.251 e. The zero-order valence-electron chi connectivity index (χ0n) is 23.7. The van der Waals surface area contributed by atoms with Crippen molar-refractivity contribution in [3.05, 3.63) is 89.0 Å². The molecule has 6 heteroatoms. The van der Waals surface area contributed by atoms with Gasteiger partial charge in [0.25, 0.3) is 5.91 Å². The van der Waals surface area contributed by atoms with Gasteiger partial charge in [-0.3, -0.25) is 4.79 Å². The third-order valence-electron chi connectivity index (χ3n) is 9.25. The molecule has 3 aromatic carbocycles. The van der Waals surface area contributed by atoms with Crippen molar-refractivity contribution in [1.29, 1.82) is 0 Å². The molecule has 212 valence electrons. The molecule has 2 unspecified atom stereocenters. The molecule has 3 bridgehead atoms. The van der Waals surface area contributed by atoms with Gasteiger partial charge in [-0.15, -0.1) is 0 Å². The summed E-state index contributed by atoms with van der Waals surface area (Å²) in [4.78, 5) is 13.2. The van der Waals surface area contributed by atoms with E-state index in [0.717, 1.165) is 47.6 Å². The summed E-state index contributed by atoms with van der Waals surface area (Å²) in [6.07, 6.45) is 8.57. The Morgan fingerprint density at radius 1 is 0.976 bits per heavy atom. The number of hydrogen-bond donors (Lipinski definition) is 2. The van der Waals surface area contributed by atoms with E-state index in [0.29, 0.717) is 24.5 Å². The van der Waals surface area contributed by atoms with Crippen molar-refractivity contribution < 1.29 is 19.0 Å². The molecular weight excluding hydrogens is 512 g/mol. The summed E-state index contributed by atoms with van der Waals surface area (Å²) in [5, 5.41) is 6.67. The van der Waals surface area contributed by atoms with Gasteiger partial charge >= 0.3 is 0 Å². The van der Waals surface area contributed by atoms with E-state index in [1.165, 1.54) is 36.8 Å². The number of carbonyl (C=O) groups excluding carboxylic acids is 1. The molecule has 0 radical (unpaired) electrons. The van der Waals surface area contributed by atoms with E-state index in [2.05, 4.69) is 66.1 Å². The molecule has 1 amide bonds. The van der Waals surface area contributed by atoms with Gasteiger partial charge in [-0.05, 0) is 85.6 Å². The Labute approximate surface area is 242 Å². The summed E-state index contributed by atoms with van der Waals surface area (Å²) in [5.74, 6) is 1.34. The molecule has 0 aromatic heterocycles. The highest BCUT2D eigenvalue weighted by atomic mass is 16.7. The molecule has 1 saturated carbocycles. The molecule has 10 rings (SSSR count). The minimum atomic E-state index is -0.0933. The average molecular weight is 551 g/mol. The van der Waals surface area contributed by atoms with Crippen LogP contribution in [-0.2, 0) is 20.8 Å². The summed E-state index contributed by atoms with van der Waals surface area (Å²) < 4.78 is 18.3. The maximum absolute atomic E-state index is 13.2. The number of amides is 1. The van der Waals surface area contributed by atoms with Gasteiger partial charge in [0.05, 0.1) is 18.3 Å². The van der Waals surface area contributed by atoms with E-state index in [1.54, 1.807) is 0 Å². The molecule has 3 aromatic rings. The van der Waals surface area contributed by atoms with Crippen molar-refractivity contribution in [3.8, 4) is 16.9 Å². The van der Waals surface area contributed by atoms with E-state index < -0.39 is 0 Å². The van der Waals surface area contributed by atoms with Crippen LogP contribution in [0.25, 0.3) is 17.2 Å². The Balaban J connectivity index is 0.958. The Morgan fingerprint density at radius 2 is 1.73 bits per heavy atom. The highest BCUT2D eigenvalue weighted by Gasteiger charge is 2.52. The first kappa shape index (κ1) is 26.4. The third-order valence-corrected chi connectivity index (χ3v) is 9.25. The van der Waals surface area contributed by atoms with E-state index in [1.807, 2.05) is 24.3 Å². The molecule has 6 heterocycles. The number of anilines is 1. The van der Waals surface area contributed by atoms with E-state index in [4.69, 9.17) is 14.2 Å². The Morgan fingerprint density at radius 3 is 2.51 bits per heavy atom. The van der Waals surface area contributed by atoms with E-state index in [-0.39, 0.29) is 23.9 Å². The first-order valence-electron chi connectivity index (χ1n) is 15.0. The lowest BCUT2D eigenvalue weighted by Crippen LogP contribution is -2.59. The van der Waals surface area contributed by atoms with Crippen LogP contribution < -0.4 is 15.4 Å². The molecule has 1 spiro atoms. The van der Waals surface area contributed by atoms with Crippen LogP contribution >= 0.6 is 0 Å². The fraction of sp³-hybridized carbons (Fsp3) is 0.400. The molecule has 7 aliphatic rings. The van der Waals surface area contributed by atoms with Crippen molar-refractivity contribution in [2.75, 3.05) is 18.5 Å². The lowest BCUT2D eigenvalue weighted by Gasteiger charge is -2.55. The van der Waals surface area contributed by atoms with Crippen molar-refractivity contribution >= 4 is 17.7 Å². The average Bonchev–Trinajstić information content (AvgIpc) is 3.18. The number of benzene rings is 3. The minimum absolute atomic E-state index is 0.00773. The largest absolute Gasteiger partial charge is 0.493 e. The molecule has 5 saturated heterocycles. The van der Waals surface area contributed by atoms with Gasteiger partial charge in [0.2, 0.25) is 0 Å². The van der Waals surface area contributed by atoms with Crippen LogP contribution in [0, 0.1) is 12.8 Å². The normalized spacial score (nSPS) is 26.4. The van der Waals surface area contributed by atoms with E-state index >= 15 is 0 Å². The van der Waals surface area contributed by atoms with Crippen molar-refractivity contribution in [2.45, 2.75) is 70.0 Å². The molecule has 2 atom stereocenters. The Hall–Kier alpha value is -3.45. The second-order valence-electron chi connectivity index (χ2n) is 12.1. The number of nitrogens with one attached hydrogen (secondary N) is 2. The van der Waals surface area contributed by atoms with Gasteiger partial charge in [0.15, 0.2) is 6.29 Å². The molecular formula is C35H38N2O4. The first-order valence-corrected chi connectivity index (χ1v) is 15.0. The fourth-order valence-electron chi connectivity index (χ4n) is 6.73. The lowest BCUT2D eigenvalue weighted by molar-refractivity contribution is -0.354. The summed E-state index contributed by atoms with van der Waals surface area (Å²) in [7, 11) is 0. The number of hydrogen-bond acceptors (Lipinski definition) is 5. The van der Waals surface area contributed by atoms with Crippen LogP contribution in [0.1, 0.15) is 55.2 Å². The molecule has 6 aliphatic heterocycles. The summed E-state index contributed by atoms with van der Waals surface area (Å²) in [6, 6.07) is 22.7. The highest BCUT2D eigenvalue weighted by molar-refractivity contribution is 6.07. The van der Waals surface area contributed by atoms with Crippen molar-refractivity contribution in [1.82, 2.24) is 5.32 Å². The van der Waals surface area contributed by atoms with Gasteiger partial charge in [-0.25, -0.2) is 0 Å². The van der Waals surface area contributed by atoms with Crippen LogP contribution in [0.2, 0.25) is 0 Å². The SMILES string of the molecule is Cc1ccc(-c2ccc3c(c2)C=C(C(=O)Nc2ccc(CNCC4OC5CC6(CCC4CC6)O5)cc2)CCO3)cc1. The van der Waals surface area contributed by atoms with Crippen molar-refractivity contribution in [2.24, 2.45) is 5.92 Å². The van der Waals surface area contributed by atoms with Crippen LogP contribution in [0.15, 0.2) is 72.3 Å². The predicted molar refractivity (Wildman–Crippen MR) is 161 cm³/mol. The number of ether oxygens (including phenoxy) is 3. The quantitative estimate of drug-likeness (QED) is 0.346. The number of carbonyl (C=O) groups is 1. The van der Waals surface area contributed by atoms with E-state index in [9.17, 15) is 4.79 Å². The molecule has 6 fully saturated rings. The van der Waals surface area contributed by atoms with Crippen LogP contribution in [0.3, 0.4) is 0 Å². The molecule has 2 N–H and O–H groups in total.